The van der Waals surface area contributed by atoms with E-state index in [2.05, 4.69) is 25.9 Å². The number of hydrogen-bond donors (Lipinski definition) is 2. The maximum Gasteiger partial charge on any atom is 0.258 e. The minimum Gasteiger partial charge on any atom is -0.373 e. The Hall–Kier alpha value is -3.17. The number of azo groups is 1. The van der Waals surface area contributed by atoms with E-state index in [0.717, 1.165) is 24.5 Å². The number of guanidine groups is 1. The summed E-state index contributed by atoms with van der Waals surface area (Å²) in [6, 6.07) is 9.34. The SMILES string of the molecule is CC1(CN=C(NC(=O)c2ccc(Cl)c(F)c2)NC2=CC(c3ccc(F)cc3)N=N2)CCCO1. The average Bonchev–Trinajstić information content (AvgIpc) is 3.44. The Morgan fingerprint density at radius 1 is 1.27 bits per heavy atom. The van der Waals surface area contributed by atoms with Crippen molar-refractivity contribution in [1.29, 1.82) is 0 Å². The van der Waals surface area contributed by atoms with E-state index in [-0.39, 0.29) is 22.4 Å². The third kappa shape index (κ3) is 5.80. The third-order valence-electron chi connectivity index (χ3n) is 5.35. The molecule has 33 heavy (non-hydrogen) atoms. The second-order valence-corrected chi connectivity index (χ2v) is 8.45. The van der Waals surface area contributed by atoms with Crippen LogP contribution in [0.25, 0.3) is 0 Å². The minimum atomic E-state index is -0.697. The number of hydrogen-bond acceptors (Lipinski definition) is 5. The summed E-state index contributed by atoms with van der Waals surface area (Å²) in [5.74, 6) is -1.12. The molecule has 2 N–H and O–H groups in total. The molecule has 2 aromatic rings. The number of carbonyl (C=O) groups excluding carboxylic acids is 1. The molecule has 2 heterocycles. The summed E-state index contributed by atoms with van der Waals surface area (Å²) >= 11 is 5.71. The molecule has 0 aliphatic carbocycles. The summed E-state index contributed by atoms with van der Waals surface area (Å²) in [5, 5.41) is 13.8. The normalized spacial score (nSPS) is 22.4. The van der Waals surface area contributed by atoms with Gasteiger partial charge in [0.2, 0.25) is 5.96 Å². The Kier molecular flexibility index (Phi) is 6.80. The maximum atomic E-state index is 13.8. The Balaban J connectivity index is 1.51. The van der Waals surface area contributed by atoms with Gasteiger partial charge in [-0.1, -0.05) is 23.7 Å². The fourth-order valence-electron chi connectivity index (χ4n) is 3.49. The Bertz CT molecular complexity index is 1130. The molecule has 1 fully saturated rings. The average molecular weight is 474 g/mol. The predicted octanol–water partition coefficient (Wildman–Crippen LogP) is 4.91. The number of aliphatic imine (C=N–C) groups is 1. The minimum absolute atomic E-state index is 0.0757. The number of halogens is 3. The number of nitrogens with one attached hydrogen (secondary N) is 2. The van der Waals surface area contributed by atoms with Gasteiger partial charge in [0.15, 0.2) is 5.82 Å². The number of benzene rings is 2. The molecule has 2 atom stereocenters. The van der Waals surface area contributed by atoms with Crippen molar-refractivity contribution in [2.45, 2.75) is 31.4 Å². The maximum absolute atomic E-state index is 13.8. The van der Waals surface area contributed by atoms with Gasteiger partial charge < -0.3 is 10.1 Å². The Labute approximate surface area is 194 Å². The lowest BCUT2D eigenvalue weighted by molar-refractivity contribution is 0.0283. The molecule has 2 aliphatic rings. The molecule has 10 heteroatoms. The molecule has 2 aromatic carbocycles. The molecule has 7 nitrogen and oxygen atoms in total. The van der Waals surface area contributed by atoms with Crippen LogP contribution < -0.4 is 10.6 Å². The number of nitrogens with zero attached hydrogens (tertiary/aromatic N) is 3. The molecule has 0 spiro atoms. The molecule has 2 aliphatic heterocycles. The van der Waals surface area contributed by atoms with Crippen LogP contribution in [-0.2, 0) is 4.74 Å². The third-order valence-corrected chi connectivity index (χ3v) is 5.66. The lowest BCUT2D eigenvalue weighted by Crippen LogP contribution is -2.41. The quantitative estimate of drug-likeness (QED) is 0.477. The molecule has 1 saturated heterocycles. The van der Waals surface area contributed by atoms with E-state index in [4.69, 9.17) is 16.3 Å². The Morgan fingerprint density at radius 2 is 2.06 bits per heavy atom. The van der Waals surface area contributed by atoms with Gasteiger partial charge in [-0.2, -0.15) is 5.11 Å². The highest BCUT2D eigenvalue weighted by molar-refractivity contribution is 6.30. The van der Waals surface area contributed by atoms with Crippen LogP contribution in [0.15, 0.2) is 69.6 Å². The van der Waals surface area contributed by atoms with Gasteiger partial charge in [-0.15, -0.1) is 5.11 Å². The van der Waals surface area contributed by atoms with Gasteiger partial charge in [0, 0.05) is 12.2 Å². The number of carbonyl (C=O) groups is 1. The van der Waals surface area contributed by atoms with Crippen molar-refractivity contribution in [2.75, 3.05) is 13.2 Å². The van der Waals surface area contributed by atoms with E-state index in [9.17, 15) is 13.6 Å². The zero-order valence-corrected chi connectivity index (χ0v) is 18.6. The number of rotatable bonds is 5. The summed E-state index contributed by atoms with van der Waals surface area (Å²) in [4.78, 5) is 17.2. The van der Waals surface area contributed by atoms with Gasteiger partial charge in [0.05, 0.1) is 17.2 Å². The van der Waals surface area contributed by atoms with Crippen LogP contribution in [-0.4, -0.2) is 30.6 Å². The molecule has 4 rings (SSSR count). The Morgan fingerprint density at radius 3 is 2.76 bits per heavy atom. The van der Waals surface area contributed by atoms with E-state index < -0.39 is 23.4 Å². The summed E-state index contributed by atoms with van der Waals surface area (Å²) in [7, 11) is 0. The van der Waals surface area contributed by atoms with Crippen LogP contribution in [0.3, 0.4) is 0 Å². The van der Waals surface area contributed by atoms with Crippen LogP contribution in [0.2, 0.25) is 5.02 Å². The smallest absolute Gasteiger partial charge is 0.258 e. The second-order valence-electron chi connectivity index (χ2n) is 8.04. The topological polar surface area (TPSA) is 87.4 Å². The molecule has 0 saturated carbocycles. The number of ether oxygens (including phenoxy) is 1. The molecule has 2 unspecified atom stereocenters. The first-order valence-corrected chi connectivity index (χ1v) is 10.8. The second kappa shape index (κ2) is 9.76. The highest BCUT2D eigenvalue weighted by Gasteiger charge is 2.30. The summed E-state index contributed by atoms with van der Waals surface area (Å²) < 4.78 is 32.8. The molecule has 0 radical (unpaired) electrons. The fourth-order valence-corrected chi connectivity index (χ4v) is 3.60. The molecule has 0 aromatic heterocycles. The van der Waals surface area contributed by atoms with Crippen molar-refractivity contribution in [3.05, 3.63) is 82.1 Å². The van der Waals surface area contributed by atoms with Gasteiger partial charge in [-0.3, -0.25) is 10.1 Å². The van der Waals surface area contributed by atoms with Crippen molar-refractivity contribution in [3.8, 4) is 0 Å². The van der Waals surface area contributed by atoms with Crippen LogP contribution >= 0.6 is 11.6 Å². The first-order chi connectivity index (χ1) is 15.8. The lowest BCUT2D eigenvalue weighted by atomic mass is 10.0. The van der Waals surface area contributed by atoms with Gasteiger partial charge in [0.25, 0.3) is 5.91 Å². The van der Waals surface area contributed by atoms with Crippen LogP contribution in [0, 0.1) is 11.6 Å². The van der Waals surface area contributed by atoms with Gasteiger partial charge >= 0.3 is 0 Å². The van der Waals surface area contributed by atoms with Gasteiger partial charge in [0.1, 0.15) is 17.7 Å². The zero-order valence-electron chi connectivity index (χ0n) is 17.8. The van der Waals surface area contributed by atoms with E-state index >= 15 is 0 Å². The van der Waals surface area contributed by atoms with Crippen molar-refractivity contribution in [1.82, 2.24) is 10.6 Å². The van der Waals surface area contributed by atoms with Crippen molar-refractivity contribution in [2.24, 2.45) is 15.2 Å². The fraction of sp³-hybridized carbons (Fsp3) is 0.304. The van der Waals surface area contributed by atoms with E-state index in [0.29, 0.717) is 19.0 Å². The highest BCUT2D eigenvalue weighted by atomic mass is 35.5. The first kappa shape index (κ1) is 23.0. The van der Waals surface area contributed by atoms with Gasteiger partial charge in [-0.25, -0.2) is 13.8 Å². The van der Waals surface area contributed by atoms with Crippen LogP contribution in [0.1, 0.15) is 41.7 Å². The zero-order chi connectivity index (χ0) is 23.4. The standard InChI is InChI=1S/C23H22ClF2N5O2/c1-23(9-2-10-33-23)13-27-22(29-21(32)15-5-8-17(24)18(26)11-15)28-20-12-19(30-31-20)14-3-6-16(25)7-4-14/h3-8,11-12,19H,2,9-10,13H2,1H3,(H2,27,28,29,32). The van der Waals surface area contributed by atoms with Gasteiger partial charge in [-0.05, 0) is 61.7 Å². The molecule has 1 amide bonds. The number of amides is 1. The first-order valence-electron chi connectivity index (χ1n) is 10.4. The van der Waals surface area contributed by atoms with Crippen LogP contribution in [0.4, 0.5) is 8.78 Å². The summed E-state index contributed by atoms with van der Waals surface area (Å²) in [6.07, 6.45) is 3.50. The molecular weight excluding hydrogens is 452 g/mol. The summed E-state index contributed by atoms with van der Waals surface area (Å²) in [6.45, 7) is 2.91. The van der Waals surface area contributed by atoms with E-state index in [1.807, 2.05) is 6.92 Å². The van der Waals surface area contributed by atoms with Crippen molar-refractivity contribution < 1.29 is 18.3 Å². The van der Waals surface area contributed by atoms with E-state index in [1.165, 1.54) is 24.3 Å². The summed E-state index contributed by atoms with van der Waals surface area (Å²) in [5.41, 5.74) is 0.413. The highest BCUT2D eigenvalue weighted by Crippen LogP contribution is 2.27. The largest absolute Gasteiger partial charge is 0.373 e. The van der Waals surface area contributed by atoms with Crippen molar-refractivity contribution in [3.63, 3.8) is 0 Å². The molecule has 172 valence electrons. The van der Waals surface area contributed by atoms with E-state index in [1.54, 1.807) is 18.2 Å². The predicted molar refractivity (Wildman–Crippen MR) is 120 cm³/mol. The van der Waals surface area contributed by atoms with Crippen molar-refractivity contribution >= 4 is 23.5 Å². The lowest BCUT2D eigenvalue weighted by Gasteiger charge is -2.21. The molecular formula is C23H22ClF2N5O2. The molecule has 0 bridgehead atoms. The monoisotopic (exact) mass is 473 g/mol. The van der Waals surface area contributed by atoms with Crippen LogP contribution in [0.5, 0.6) is 0 Å².